The third kappa shape index (κ3) is 5.14. The zero-order valence-electron chi connectivity index (χ0n) is 9.50. The fourth-order valence-electron chi connectivity index (χ4n) is 1.28. The molecular weight excluding hydrogens is 256 g/mol. The second-order valence-electron chi connectivity index (χ2n) is 3.39. The number of thiol groups is 1. The summed E-state index contributed by atoms with van der Waals surface area (Å²) in [5.41, 5.74) is 1.02. The summed E-state index contributed by atoms with van der Waals surface area (Å²) in [5, 5.41) is 0. The number of nitrogens with zero attached hydrogens (tertiary/aromatic N) is 2. The van der Waals surface area contributed by atoms with Gasteiger partial charge in [-0.3, -0.25) is 9.78 Å². The second kappa shape index (κ2) is 7.24. The van der Waals surface area contributed by atoms with Gasteiger partial charge in [0, 0.05) is 25.5 Å². The number of esters is 1. The molecule has 0 aliphatic heterocycles. The van der Waals surface area contributed by atoms with E-state index >= 15 is 0 Å². The van der Waals surface area contributed by atoms with Crippen molar-refractivity contribution in [2.75, 3.05) is 13.7 Å². The van der Waals surface area contributed by atoms with E-state index in [4.69, 9.17) is 12.2 Å². The third-order valence-electron chi connectivity index (χ3n) is 2.18. The highest BCUT2D eigenvalue weighted by Gasteiger charge is 2.10. The Morgan fingerprint density at radius 2 is 2.41 bits per heavy atom. The van der Waals surface area contributed by atoms with Crippen LogP contribution in [-0.4, -0.2) is 33.8 Å². The van der Waals surface area contributed by atoms with E-state index in [1.165, 1.54) is 7.11 Å². The molecular formula is C11H14N2O2S2. The Bertz CT molecular complexity index is 384. The van der Waals surface area contributed by atoms with Crippen molar-refractivity contribution >= 4 is 35.1 Å². The number of methoxy groups -OCH3 is 1. The van der Waals surface area contributed by atoms with Gasteiger partial charge in [-0.25, -0.2) is 0 Å². The average molecular weight is 270 g/mol. The predicted molar refractivity (Wildman–Crippen MR) is 72.9 cm³/mol. The van der Waals surface area contributed by atoms with Crippen LogP contribution in [0.2, 0.25) is 0 Å². The molecule has 0 N–H and O–H groups in total. The molecule has 4 nitrogen and oxygen atoms in total. The van der Waals surface area contributed by atoms with E-state index in [-0.39, 0.29) is 12.4 Å². The Balaban J connectivity index is 2.55. The molecule has 6 heteroatoms. The maximum Gasteiger partial charge on any atom is 0.307 e. The number of carbonyl (C=O) groups is 1. The van der Waals surface area contributed by atoms with E-state index < -0.39 is 0 Å². The summed E-state index contributed by atoms with van der Waals surface area (Å²) in [5.74, 6) is -0.259. The monoisotopic (exact) mass is 270 g/mol. The normalized spacial score (nSPS) is 9.76. The molecule has 0 atom stereocenters. The maximum atomic E-state index is 11.1. The first-order valence-electron chi connectivity index (χ1n) is 5.07. The summed E-state index contributed by atoms with van der Waals surface area (Å²) in [6.45, 7) is 1.08. The van der Waals surface area contributed by atoms with Crippen LogP contribution in [0, 0.1) is 0 Å². The van der Waals surface area contributed by atoms with Gasteiger partial charge in [-0.2, -0.15) is 0 Å². The molecule has 1 heterocycles. The van der Waals surface area contributed by atoms with Gasteiger partial charge in [-0.05, 0) is 11.6 Å². The molecule has 0 amide bonds. The van der Waals surface area contributed by atoms with E-state index in [0.29, 0.717) is 17.4 Å². The molecule has 0 saturated heterocycles. The third-order valence-corrected chi connectivity index (χ3v) is 2.72. The first kappa shape index (κ1) is 13.9. The van der Waals surface area contributed by atoms with Gasteiger partial charge in [-0.1, -0.05) is 18.3 Å². The van der Waals surface area contributed by atoms with E-state index in [1.54, 1.807) is 12.4 Å². The fraction of sp³-hybridized carbons (Fsp3) is 0.364. The average Bonchev–Trinajstić information content (AvgIpc) is 2.34. The topological polar surface area (TPSA) is 42.4 Å². The lowest BCUT2D eigenvalue weighted by Gasteiger charge is -2.21. The van der Waals surface area contributed by atoms with Crippen molar-refractivity contribution in [1.82, 2.24) is 9.88 Å². The van der Waals surface area contributed by atoms with Crippen LogP contribution in [0.3, 0.4) is 0 Å². The number of pyridine rings is 1. The molecule has 1 aromatic heterocycles. The molecule has 0 bridgehead atoms. The number of hydrogen-bond acceptors (Lipinski definition) is 4. The zero-order chi connectivity index (χ0) is 12.7. The SMILES string of the molecule is COC(=O)CCN(Cc1cccnc1)C(=S)S. The van der Waals surface area contributed by atoms with Gasteiger partial charge < -0.3 is 9.64 Å². The van der Waals surface area contributed by atoms with Crippen LogP contribution >= 0.6 is 24.8 Å². The highest BCUT2D eigenvalue weighted by Crippen LogP contribution is 2.07. The van der Waals surface area contributed by atoms with Crippen molar-refractivity contribution in [2.45, 2.75) is 13.0 Å². The zero-order valence-corrected chi connectivity index (χ0v) is 11.2. The van der Waals surface area contributed by atoms with Gasteiger partial charge in [-0.15, -0.1) is 12.6 Å². The van der Waals surface area contributed by atoms with Crippen molar-refractivity contribution in [2.24, 2.45) is 0 Å². The molecule has 0 radical (unpaired) electrons. The van der Waals surface area contributed by atoms with Crippen molar-refractivity contribution < 1.29 is 9.53 Å². The largest absolute Gasteiger partial charge is 0.469 e. The number of ether oxygens (including phenoxy) is 1. The minimum atomic E-state index is -0.259. The number of thiocarbonyl (C=S) groups is 1. The van der Waals surface area contributed by atoms with Crippen molar-refractivity contribution in [3.8, 4) is 0 Å². The second-order valence-corrected chi connectivity index (χ2v) is 4.50. The Morgan fingerprint density at radius 1 is 1.65 bits per heavy atom. The summed E-state index contributed by atoms with van der Waals surface area (Å²) >= 11 is 9.16. The lowest BCUT2D eigenvalue weighted by atomic mass is 10.2. The molecule has 92 valence electrons. The standard InChI is InChI=1S/C11H14N2O2S2/c1-15-10(14)4-6-13(11(16)17)8-9-3-2-5-12-7-9/h2-3,5,7H,4,6,8H2,1H3,(H,16,17). The summed E-state index contributed by atoms with van der Waals surface area (Å²) in [6, 6.07) is 3.81. The van der Waals surface area contributed by atoms with E-state index in [2.05, 4.69) is 22.3 Å². The van der Waals surface area contributed by atoms with Crippen LogP contribution < -0.4 is 0 Å². The minimum Gasteiger partial charge on any atom is -0.469 e. The molecule has 1 aromatic rings. The molecule has 0 saturated carbocycles. The molecule has 17 heavy (non-hydrogen) atoms. The highest BCUT2D eigenvalue weighted by atomic mass is 32.1. The van der Waals surface area contributed by atoms with Crippen LogP contribution in [0.15, 0.2) is 24.5 Å². The molecule has 0 unspecified atom stereocenters. The molecule has 0 aromatic carbocycles. The van der Waals surface area contributed by atoms with Gasteiger partial charge in [0.15, 0.2) is 0 Å². The van der Waals surface area contributed by atoms with Crippen LogP contribution in [0.25, 0.3) is 0 Å². The van der Waals surface area contributed by atoms with Gasteiger partial charge in [0.25, 0.3) is 0 Å². The molecule has 0 fully saturated rings. The lowest BCUT2D eigenvalue weighted by Crippen LogP contribution is -2.28. The van der Waals surface area contributed by atoms with Gasteiger partial charge in [0.2, 0.25) is 0 Å². The van der Waals surface area contributed by atoms with Gasteiger partial charge in [0.1, 0.15) is 4.32 Å². The van der Waals surface area contributed by atoms with E-state index in [1.807, 2.05) is 17.0 Å². The molecule has 0 aliphatic carbocycles. The van der Waals surface area contributed by atoms with Crippen molar-refractivity contribution in [3.05, 3.63) is 30.1 Å². The lowest BCUT2D eigenvalue weighted by molar-refractivity contribution is -0.140. The Morgan fingerprint density at radius 3 is 2.94 bits per heavy atom. The van der Waals surface area contributed by atoms with Crippen LogP contribution in [0.4, 0.5) is 0 Å². The number of rotatable bonds is 5. The molecule has 0 aliphatic rings. The Hall–Kier alpha value is -1.14. The highest BCUT2D eigenvalue weighted by molar-refractivity contribution is 8.10. The summed E-state index contributed by atoms with van der Waals surface area (Å²) < 4.78 is 5.04. The van der Waals surface area contributed by atoms with Crippen LogP contribution in [0.5, 0.6) is 0 Å². The number of carbonyl (C=O) groups excluding carboxylic acids is 1. The van der Waals surface area contributed by atoms with Crippen molar-refractivity contribution in [3.63, 3.8) is 0 Å². The Labute approximate surface area is 111 Å². The van der Waals surface area contributed by atoms with E-state index in [0.717, 1.165) is 5.56 Å². The Kier molecular flexibility index (Phi) is 5.93. The minimum absolute atomic E-state index is 0.259. The summed E-state index contributed by atoms with van der Waals surface area (Å²) in [6.07, 6.45) is 3.76. The smallest absolute Gasteiger partial charge is 0.307 e. The van der Waals surface area contributed by atoms with Gasteiger partial charge >= 0.3 is 5.97 Å². The quantitative estimate of drug-likeness (QED) is 0.501. The van der Waals surface area contributed by atoms with Crippen LogP contribution in [-0.2, 0) is 16.1 Å². The molecule has 0 spiro atoms. The number of hydrogen-bond donors (Lipinski definition) is 1. The maximum absolute atomic E-state index is 11.1. The van der Waals surface area contributed by atoms with Crippen LogP contribution in [0.1, 0.15) is 12.0 Å². The van der Waals surface area contributed by atoms with Crippen molar-refractivity contribution in [1.29, 1.82) is 0 Å². The predicted octanol–water partition coefficient (Wildman–Crippen LogP) is 1.66. The first-order chi connectivity index (χ1) is 8.13. The summed E-state index contributed by atoms with van der Waals surface area (Å²) in [4.78, 5) is 16.9. The summed E-state index contributed by atoms with van der Waals surface area (Å²) in [7, 11) is 1.37. The first-order valence-corrected chi connectivity index (χ1v) is 5.92. The number of aromatic nitrogens is 1. The van der Waals surface area contributed by atoms with Gasteiger partial charge in [0.05, 0.1) is 13.5 Å². The molecule has 1 rings (SSSR count). The van der Waals surface area contributed by atoms with E-state index in [9.17, 15) is 4.79 Å². The fourth-order valence-corrected chi connectivity index (χ4v) is 1.61.